The highest BCUT2D eigenvalue weighted by atomic mass is 35.5. The van der Waals surface area contributed by atoms with Crippen LogP contribution < -0.4 is 15.5 Å². The normalized spacial score (nSPS) is 10.5. The molecule has 0 aliphatic rings. The standard InChI is InChI=1S/C20H14ClN3O4S/c21-14-3-1-4-15(11-14)23-18(25)19(26)24-22-12-13-6-8-16(9-7-13)28-20(27)17-5-2-10-29-17/h1-12H,(H,23,25)(H,24,26)/b22-12+. The van der Waals surface area contributed by atoms with E-state index in [0.717, 1.165) is 0 Å². The summed E-state index contributed by atoms with van der Waals surface area (Å²) >= 11 is 7.12. The van der Waals surface area contributed by atoms with Gasteiger partial charge < -0.3 is 10.1 Å². The minimum absolute atomic E-state index is 0.380. The zero-order valence-corrected chi connectivity index (χ0v) is 16.4. The molecule has 0 spiro atoms. The number of amides is 2. The van der Waals surface area contributed by atoms with Gasteiger partial charge in [0.1, 0.15) is 10.6 Å². The smallest absolute Gasteiger partial charge is 0.353 e. The zero-order valence-electron chi connectivity index (χ0n) is 14.8. The average molecular weight is 428 g/mol. The van der Waals surface area contributed by atoms with Gasteiger partial charge >= 0.3 is 17.8 Å². The Labute approximate surface area is 175 Å². The molecule has 0 fully saturated rings. The van der Waals surface area contributed by atoms with Crippen molar-refractivity contribution in [2.45, 2.75) is 0 Å². The van der Waals surface area contributed by atoms with E-state index in [0.29, 0.717) is 26.9 Å². The second-order valence-electron chi connectivity index (χ2n) is 5.60. The number of anilines is 1. The number of nitrogens with zero attached hydrogens (tertiary/aromatic N) is 1. The fraction of sp³-hybridized carbons (Fsp3) is 0. The zero-order chi connectivity index (χ0) is 20.6. The van der Waals surface area contributed by atoms with Crippen LogP contribution in [-0.2, 0) is 9.59 Å². The lowest BCUT2D eigenvalue weighted by Crippen LogP contribution is -2.32. The highest BCUT2D eigenvalue weighted by molar-refractivity contribution is 7.12. The number of hydrogen-bond acceptors (Lipinski definition) is 6. The molecule has 0 bridgehead atoms. The summed E-state index contributed by atoms with van der Waals surface area (Å²) in [7, 11) is 0. The summed E-state index contributed by atoms with van der Waals surface area (Å²) in [4.78, 5) is 36.0. The summed E-state index contributed by atoms with van der Waals surface area (Å²) in [6, 6.07) is 16.4. The van der Waals surface area contributed by atoms with Crippen LogP contribution in [0.25, 0.3) is 0 Å². The number of rotatable bonds is 5. The van der Waals surface area contributed by atoms with E-state index in [4.69, 9.17) is 16.3 Å². The third-order valence-corrected chi connectivity index (χ3v) is 4.57. The molecule has 7 nitrogen and oxygen atoms in total. The number of carbonyl (C=O) groups is 3. The number of benzene rings is 2. The van der Waals surface area contributed by atoms with Gasteiger partial charge in [0.2, 0.25) is 0 Å². The van der Waals surface area contributed by atoms with Gasteiger partial charge in [0.25, 0.3) is 0 Å². The number of carbonyl (C=O) groups excluding carboxylic acids is 3. The van der Waals surface area contributed by atoms with Crippen molar-refractivity contribution in [3.05, 3.63) is 81.5 Å². The molecule has 0 aliphatic heterocycles. The average Bonchev–Trinajstić information content (AvgIpc) is 3.24. The Balaban J connectivity index is 1.50. The van der Waals surface area contributed by atoms with Gasteiger partial charge in [-0.25, -0.2) is 10.2 Å². The molecule has 29 heavy (non-hydrogen) atoms. The van der Waals surface area contributed by atoms with Crippen LogP contribution in [-0.4, -0.2) is 24.0 Å². The van der Waals surface area contributed by atoms with Crippen molar-refractivity contribution in [3.8, 4) is 5.75 Å². The minimum atomic E-state index is -0.928. The molecule has 0 saturated heterocycles. The number of halogens is 1. The highest BCUT2D eigenvalue weighted by Crippen LogP contribution is 2.16. The van der Waals surface area contributed by atoms with E-state index in [1.807, 2.05) is 0 Å². The van der Waals surface area contributed by atoms with Crippen molar-refractivity contribution in [2.75, 3.05) is 5.32 Å². The van der Waals surface area contributed by atoms with Crippen molar-refractivity contribution in [2.24, 2.45) is 5.10 Å². The predicted octanol–water partition coefficient (Wildman–Crippen LogP) is 3.71. The maximum absolute atomic E-state index is 11.9. The molecule has 0 atom stereocenters. The first kappa shape index (κ1) is 20.2. The number of ether oxygens (including phenoxy) is 1. The van der Waals surface area contributed by atoms with E-state index < -0.39 is 17.8 Å². The van der Waals surface area contributed by atoms with E-state index in [1.54, 1.807) is 60.0 Å². The monoisotopic (exact) mass is 427 g/mol. The van der Waals surface area contributed by atoms with Crippen molar-refractivity contribution < 1.29 is 19.1 Å². The summed E-state index contributed by atoms with van der Waals surface area (Å²) in [6.45, 7) is 0. The Morgan fingerprint density at radius 2 is 1.79 bits per heavy atom. The maximum Gasteiger partial charge on any atom is 0.353 e. The number of hydrogen-bond donors (Lipinski definition) is 2. The lowest BCUT2D eigenvalue weighted by molar-refractivity contribution is -0.136. The Bertz CT molecular complexity index is 1050. The molecule has 0 aliphatic carbocycles. The minimum Gasteiger partial charge on any atom is -0.422 e. The van der Waals surface area contributed by atoms with Crippen LogP contribution in [0.4, 0.5) is 5.69 Å². The molecule has 1 aromatic heterocycles. The number of esters is 1. The fourth-order valence-electron chi connectivity index (χ4n) is 2.14. The fourth-order valence-corrected chi connectivity index (χ4v) is 2.93. The number of nitrogens with one attached hydrogen (secondary N) is 2. The molecular formula is C20H14ClN3O4S. The first-order chi connectivity index (χ1) is 14.0. The third kappa shape index (κ3) is 6.00. The maximum atomic E-state index is 11.9. The van der Waals surface area contributed by atoms with Gasteiger partial charge in [-0.2, -0.15) is 5.10 Å². The first-order valence-electron chi connectivity index (χ1n) is 8.27. The van der Waals surface area contributed by atoms with Crippen LogP contribution >= 0.6 is 22.9 Å². The molecule has 2 aromatic carbocycles. The topological polar surface area (TPSA) is 96.9 Å². The molecule has 0 saturated carbocycles. The van der Waals surface area contributed by atoms with Gasteiger partial charge in [0.15, 0.2) is 0 Å². The van der Waals surface area contributed by atoms with Crippen LogP contribution in [0.1, 0.15) is 15.2 Å². The van der Waals surface area contributed by atoms with Crippen molar-refractivity contribution in [1.29, 1.82) is 0 Å². The van der Waals surface area contributed by atoms with Crippen LogP contribution in [0, 0.1) is 0 Å². The largest absolute Gasteiger partial charge is 0.422 e. The Kier molecular flexibility index (Phi) is 6.72. The van der Waals surface area contributed by atoms with E-state index in [-0.39, 0.29) is 0 Å². The molecule has 9 heteroatoms. The molecule has 1 heterocycles. The molecule has 0 unspecified atom stereocenters. The first-order valence-corrected chi connectivity index (χ1v) is 9.53. The SMILES string of the molecule is O=C(N/N=C/c1ccc(OC(=O)c2cccs2)cc1)C(=O)Nc1cccc(Cl)c1. The van der Waals surface area contributed by atoms with Crippen molar-refractivity contribution >= 4 is 52.6 Å². The van der Waals surface area contributed by atoms with Crippen molar-refractivity contribution in [3.63, 3.8) is 0 Å². The summed E-state index contributed by atoms with van der Waals surface area (Å²) in [5.41, 5.74) is 3.17. The highest BCUT2D eigenvalue weighted by Gasteiger charge is 2.13. The Hall–Kier alpha value is -3.49. The van der Waals surface area contributed by atoms with Gasteiger partial charge in [0.05, 0.1) is 6.21 Å². The predicted molar refractivity (Wildman–Crippen MR) is 112 cm³/mol. The Morgan fingerprint density at radius 3 is 2.48 bits per heavy atom. The van der Waals surface area contributed by atoms with Crippen LogP contribution in [0.3, 0.4) is 0 Å². The lowest BCUT2D eigenvalue weighted by atomic mass is 10.2. The van der Waals surface area contributed by atoms with E-state index in [2.05, 4.69) is 15.8 Å². The second kappa shape index (κ2) is 9.63. The van der Waals surface area contributed by atoms with E-state index in [1.165, 1.54) is 23.6 Å². The van der Waals surface area contributed by atoms with E-state index >= 15 is 0 Å². The van der Waals surface area contributed by atoms with Crippen LogP contribution in [0.2, 0.25) is 5.02 Å². The third-order valence-electron chi connectivity index (χ3n) is 3.48. The molecule has 0 radical (unpaired) electrons. The van der Waals surface area contributed by atoms with Gasteiger partial charge in [0, 0.05) is 10.7 Å². The molecule has 2 N–H and O–H groups in total. The van der Waals surface area contributed by atoms with Gasteiger partial charge in [-0.15, -0.1) is 11.3 Å². The van der Waals surface area contributed by atoms with Crippen LogP contribution in [0.15, 0.2) is 71.1 Å². The van der Waals surface area contributed by atoms with Crippen molar-refractivity contribution in [1.82, 2.24) is 5.43 Å². The molecule has 3 rings (SSSR count). The van der Waals surface area contributed by atoms with Gasteiger partial charge in [-0.1, -0.05) is 23.7 Å². The summed E-state index contributed by atoms with van der Waals surface area (Å²) in [5.74, 6) is -1.85. The lowest BCUT2D eigenvalue weighted by Gasteiger charge is -2.04. The molecular weight excluding hydrogens is 414 g/mol. The second-order valence-corrected chi connectivity index (χ2v) is 6.98. The summed E-state index contributed by atoms with van der Waals surface area (Å²) < 4.78 is 5.25. The quantitative estimate of drug-likeness (QED) is 0.213. The molecule has 2 amide bonds. The summed E-state index contributed by atoms with van der Waals surface area (Å²) in [6.07, 6.45) is 1.36. The molecule has 3 aromatic rings. The molecule has 146 valence electrons. The summed E-state index contributed by atoms with van der Waals surface area (Å²) in [5, 5.41) is 8.37. The number of thiophene rings is 1. The Morgan fingerprint density at radius 1 is 1.00 bits per heavy atom. The van der Waals surface area contributed by atoms with Gasteiger partial charge in [-0.3, -0.25) is 9.59 Å². The van der Waals surface area contributed by atoms with E-state index in [9.17, 15) is 14.4 Å². The van der Waals surface area contributed by atoms with Gasteiger partial charge in [-0.05, 0) is 59.5 Å². The number of hydrazone groups is 1. The van der Waals surface area contributed by atoms with Crippen LogP contribution in [0.5, 0.6) is 5.75 Å².